The number of halogens is 4. The van der Waals surface area contributed by atoms with Gasteiger partial charge in [-0.1, -0.05) is 31.5 Å². The molecule has 0 aliphatic carbocycles. The second-order valence-corrected chi connectivity index (χ2v) is 12.9. The van der Waals surface area contributed by atoms with Gasteiger partial charge in [0, 0.05) is 38.3 Å². The predicted octanol–water partition coefficient (Wildman–Crippen LogP) is 7.53. The molecule has 50 heavy (non-hydrogen) atoms. The first-order chi connectivity index (χ1) is 23.5. The van der Waals surface area contributed by atoms with E-state index in [9.17, 15) is 22.8 Å². The lowest BCUT2D eigenvalue weighted by Gasteiger charge is -2.27. The third kappa shape index (κ3) is 10.8. The molecular weight excluding hydrogens is 679 g/mol. The van der Waals surface area contributed by atoms with Crippen molar-refractivity contribution >= 4 is 35.5 Å². The van der Waals surface area contributed by atoms with Crippen LogP contribution >= 0.6 is 11.6 Å². The van der Waals surface area contributed by atoms with Crippen LogP contribution in [0.3, 0.4) is 0 Å². The Kier molecular flexibility index (Phi) is 12.3. The largest absolute Gasteiger partial charge is 0.573 e. The average molecular weight is 718 g/mol. The van der Waals surface area contributed by atoms with E-state index in [1.54, 1.807) is 51.3 Å². The van der Waals surface area contributed by atoms with Crippen LogP contribution in [0.2, 0.25) is 5.02 Å². The number of amides is 2. The second kappa shape index (κ2) is 16.2. The highest BCUT2D eigenvalue weighted by atomic mass is 35.5. The number of oxazole rings is 1. The molecule has 1 atom stereocenters. The van der Waals surface area contributed by atoms with Crippen LogP contribution in [0.1, 0.15) is 75.3 Å². The fraction of sp³-hybridized carbons (Fsp3) is 0.412. The van der Waals surface area contributed by atoms with Crippen molar-refractivity contribution in [2.45, 2.75) is 78.3 Å². The maximum absolute atomic E-state index is 13.3. The third-order valence-electron chi connectivity index (χ3n) is 7.37. The van der Waals surface area contributed by atoms with E-state index in [2.05, 4.69) is 44.1 Å². The maximum Gasteiger partial charge on any atom is 0.573 e. The van der Waals surface area contributed by atoms with Gasteiger partial charge in [-0.15, -0.1) is 23.4 Å². The number of hydrogen-bond acceptors (Lipinski definition) is 9. The Morgan fingerprint density at radius 2 is 1.88 bits per heavy atom. The number of nitrogens with one attached hydrogen (secondary N) is 1. The van der Waals surface area contributed by atoms with Crippen LogP contribution < -0.4 is 10.1 Å². The van der Waals surface area contributed by atoms with Crippen LogP contribution in [-0.2, 0) is 28.9 Å². The van der Waals surface area contributed by atoms with Crippen molar-refractivity contribution in [3.63, 3.8) is 0 Å². The Morgan fingerprint density at radius 1 is 1.16 bits per heavy atom. The summed E-state index contributed by atoms with van der Waals surface area (Å²) >= 11 is 6.03. The van der Waals surface area contributed by atoms with Crippen LogP contribution in [0.4, 0.5) is 23.7 Å². The topological polar surface area (TPSA) is 137 Å². The van der Waals surface area contributed by atoms with Gasteiger partial charge in [0.15, 0.2) is 5.89 Å². The predicted molar refractivity (Wildman–Crippen MR) is 181 cm³/mol. The molecule has 1 N–H and O–H groups in total. The molecule has 268 valence electrons. The minimum absolute atomic E-state index is 0.0346. The molecule has 0 saturated carbocycles. The van der Waals surface area contributed by atoms with E-state index in [0.29, 0.717) is 17.0 Å². The molecule has 16 heteroatoms. The molecule has 4 rings (SSSR count). The average Bonchev–Trinajstić information content (AvgIpc) is 3.72. The number of carbonyl (C=O) groups is 2. The molecule has 4 aromatic rings. The Morgan fingerprint density at radius 3 is 2.50 bits per heavy atom. The van der Waals surface area contributed by atoms with E-state index in [1.165, 1.54) is 23.2 Å². The summed E-state index contributed by atoms with van der Waals surface area (Å²) in [5.74, 6) is -0.166. The summed E-state index contributed by atoms with van der Waals surface area (Å²) in [6.45, 7) is 9.36. The van der Waals surface area contributed by atoms with Crippen molar-refractivity contribution in [2.24, 2.45) is 4.99 Å². The smallest absolute Gasteiger partial charge is 0.445 e. The molecule has 2 heterocycles. The van der Waals surface area contributed by atoms with E-state index in [4.69, 9.17) is 20.8 Å². The van der Waals surface area contributed by atoms with Crippen LogP contribution in [0.25, 0.3) is 5.69 Å². The SMILES string of the molecule is CCC(C)c1cc(-n2cnnc2)cc(NC(=O)Cc2cnc(CCN(Cc3ccc(OC(F)(F)F)c(Cl)c3)C(=O)OC(C)(C)C)o2)c1C=NC. The Balaban J connectivity index is 1.48. The molecular formula is C34H39ClF3N7O5. The van der Waals surface area contributed by atoms with E-state index in [-0.39, 0.29) is 48.7 Å². The van der Waals surface area contributed by atoms with E-state index in [0.717, 1.165) is 29.3 Å². The Hall–Kier alpha value is -4.92. The number of hydrogen-bond donors (Lipinski definition) is 1. The summed E-state index contributed by atoms with van der Waals surface area (Å²) in [6.07, 6.45) is 1.65. The molecule has 2 aromatic carbocycles. The number of aliphatic imine (C=N–C) groups is 1. The zero-order valence-electron chi connectivity index (χ0n) is 28.5. The van der Waals surface area contributed by atoms with Crippen molar-refractivity contribution < 1.29 is 36.7 Å². The highest BCUT2D eigenvalue weighted by Crippen LogP contribution is 2.32. The maximum atomic E-state index is 13.3. The lowest BCUT2D eigenvalue weighted by Crippen LogP contribution is -2.37. The summed E-state index contributed by atoms with van der Waals surface area (Å²) in [7, 11) is 1.66. The van der Waals surface area contributed by atoms with Gasteiger partial charge in [0.1, 0.15) is 29.8 Å². The normalized spacial score (nSPS) is 12.6. The molecule has 2 aromatic heterocycles. The molecule has 0 fully saturated rings. The highest BCUT2D eigenvalue weighted by molar-refractivity contribution is 6.32. The first-order valence-corrected chi connectivity index (χ1v) is 16.1. The van der Waals surface area contributed by atoms with Gasteiger partial charge in [0.2, 0.25) is 5.91 Å². The minimum Gasteiger partial charge on any atom is -0.445 e. The van der Waals surface area contributed by atoms with Gasteiger partial charge in [-0.05, 0) is 68.5 Å². The summed E-state index contributed by atoms with van der Waals surface area (Å²) in [6, 6.07) is 7.59. The van der Waals surface area contributed by atoms with Gasteiger partial charge in [-0.2, -0.15) is 0 Å². The van der Waals surface area contributed by atoms with Gasteiger partial charge in [0.05, 0.1) is 29.0 Å². The first kappa shape index (κ1) is 37.9. The van der Waals surface area contributed by atoms with E-state index < -0.39 is 23.8 Å². The Bertz CT molecular complexity index is 1800. The fourth-order valence-corrected chi connectivity index (χ4v) is 5.15. The number of alkyl halides is 3. The molecule has 0 bridgehead atoms. The van der Waals surface area contributed by atoms with Crippen LogP contribution in [-0.4, -0.2) is 68.4 Å². The Labute approximate surface area is 292 Å². The van der Waals surface area contributed by atoms with Crippen molar-refractivity contribution in [1.82, 2.24) is 24.6 Å². The van der Waals surface area contributed by atoms with E-state index >= 15 is 0 Å². The molecule has 1 unspecified atom stereocenters. The van der Waals surface area contributed by atoms with Crippen molar-refractivity contribution in [1.29, 1.82) is 0 Å². The van der Waals surface area contributed by atoms with Crippen LogP contribution in [0, 0.1) is 0 Å². The molecule has 0 aliphatic rings. The summed E-state index contributed by atoms with van der Waals surface area (Å²) in [5.41, 5.74) is 2.76. The van der Waals surface area contributed by atoms with Gasteiger partial charge < -0.3 is 24.1 Å². The fourth-order valence-electron chi connectivity index (χ4n) is 4.91. The van der Waals surface area contributed by atoms with Gasteiger partial charge in [-0.3, -0.25) is 14.4 Å². The number of anilines is 1. The second-order valence-electron chi connectivity index (χ2n) is 12.5. The number of rotatable bonds is 13. The standard InChI is InChI=1S/C34H39ClF3N7O5/c1-7-21(2)25-13-23(45-19-41-42-20-45)14-28(26(25)17-39-6)43-30(46)15-24-16-40-31(48-24)10-11-44(32(47)50-33(3,4)5)18-22-8-9-29(27(35)12-22)49-34(36,37)38/h8-9,12-14,16-17,19-21H,7,10-11,15,18H2,1-6H3,(H,43,46). The van der Waals surface area contributed by atoms with Gasteiger partial charge >= 0.3 is 12.5 Å². The third-order valence-corrected chi connectivity index (χ3v) is 7.66. The number of carbonyl (C=O) groups excluding carboxylic acids is 2. The van der Waals surface area contributed by atoms with Crippen LogP contribution in [0.5, 0.6) is 5.75 Å². The summed E-state index contributed by atoms with van der Waals surface area (Å²) in [5, 5.41) is 10.5. The lowest BCUT2D eigenvalue weighted by atomic mass is 9.92. The molecule has 12 nitrogen and oxygen atoms in total. The molecule has 0 radical (unpaired) electrons. The zero-order valence-corrected chi connectivity index (χ0v) is 29.3. The van der Waals surface area contributed by atoms with Crippen molar-refractivity contribution in [2.75, 3.05) is 18.9 Å². The molecule has 2 amide bonds. The summed E-state index contributed by atoms with van der Waals surface area (Å²) in [4.78, 5) is 36.2. The molecule has 0 spiro atoms. The number of benzene rings is 2. The van der Waals surface area contributed by atoms with Crippen molar-refractivity contribution in [3.8, 4) is 11.4 Å². The molecule has 0 aliphatic heterocycles. The highest BCUT2D eigenvalue weighted by Gasteiger charge is 2.32. The minimum atomic E-state index is -4.91. The zero-order chi connectivity index (χ0) is 36.6. The number of nitrogens with zero attached hydrogens (tertiary/aromatic N) is 6. The summed E-state index contributed by atoms with van der Waals surface area (Å²) < 4.78 is 55.2. The monoisotopic (exact) mass is 717 g/mol. The number of aromatic nitrogens is 4. The van der Waals surface area contributed by atoms with E-state index in [1.807, 2.05) is 12.1 Å². The first-order valence-electron chi connectivity index (χ1n) is 15.8. The number of ether oxygens (including phenoxy) is 2. The van der Waals surface area contributed by atoms with Crippen LogP contribution in [0.15, 0.2) is 58.6 Å². The molecule has 0 saturated heterocycles. The van der Waals surface area contributed by atoms with Gasteiger partial charge in [0.25, 0.3) is 0 Å². The van der Waals surface area contributed by atoms with Gasteiger partial charge in [-0.25, -0.2) is 9.78 Å². The van der Waals surface area contributed by atoms with Crippen molar-refractivity contribution in [3.05, 3.63) is 82.5 Å². The quantitative estimate of drug-likeness (QED) is 0.140. The lowest BCUT2D eigenvalue weighted by molar-refractivity contribution is -0.274.